The molecule has 0 amide bonds. The molecule has 0 spiro atoms. The number of amidine groups is 1. The number of aliphatic imine (C=N–C) groups is 1. The number of hydrogen-bond acceptors (Lipinski definition) is 4. The lowest BCUT2D eigenvalue weighted by Crippen LogP contribution is -2.55. The highest BCUT2D eigenvalue weighted by atomic mass is 35.6. The SMILES string of the molecule is CN1CCC(N(C)/C(=N\C2(C(Cl)(Cl)Cl)Oc3ccccc3O2)C(F)(F)F)CC1. The van der Waals surface area contributed by atoms with Crippen LogP contribution >= 0.6 is 34.8 Å². The third-order valence-electron chi connectivity index (χ3n) is 4.78. The summed E-state index contributed by atoms with van der Waals surface area (Å²) in [6, 6.07) is 5.87. The summed E-state index contributed by atoms with van der Waals surface area (Å²) in [5, 5.41) is 0. The van der Waals surface area contributed by atoms with Gasteiger partial charge in [0.2, 0.25) is 5.84 Å². The largest absolute Gasteiger partial charge is 0.449 e. The van der Waals surface area contributed by atoms with Crippen LogP contribution in [-0.4, -0.2) is 64.7 Å². The summed E-state index contributed by atoms with van der Waals surface area (Å²) >= 11 is 17.9. The standard InChI is InChI=1S/C17H19Cl3F3N3O2/c1-25-9-7-11(8-10-25)26(2)14(15(21,22)23)24-17(16(18,19)20)27-12-5-3-4-6-13(12)28-17/h3-6,11H,7-10H2,1-2H3/b24-14-. The van der Waals surface area contributed by atoms with Crippen LogP contribution < -0.4 is 9.47 Å². The van der Waals surface area contributed by atoms with Gasteiger partial charge in [0.05, 0.1) is 0 Å². The van der Waals surface area contributed by atoms with Crippen molar-refractivity contribution in [2.24, 2.45) is 4.99 Å². The molecule has 11 heteroatoms. The molecule has 0 N–H and O–H groups in total. The number of para-hydroxylation sites is 2. The Kier molecular flexibility index (Phi) is 5.89. The highest BCUT2D eigenvalue weighted by Crippen LogP contribution is 2.51. The number of benzene rings is 1. The van der Waals surface area contributed by atoms with E-state index in [9.17, 15) is 13.2 Å². The van der Waals surface area contributed by atoms with Gasteiger partial charge in [0.15, 0.2) is 11.5 Å². The van der Waals surface area contributed by atoms with E-state index < -0.39 is 21.7 Å². The Morgan fingerprint density at radius 1 is 1.14 bits per heavy atom. The molecule has 3 rings (SSSR count). The van der Waals surface area contributed by atoms with Crippen molar-refractivity contribution < 1.29 is 22.6 Å². The predicted octanol–water partition coefficient (Wildman–Crippen LogP) is 4.47. The van der Waals surface area contributed by atoms with E-state index in [0.717, 1.165) is 4.90 Å². The molecule has 1 aromatic rings. The van der Waals surface area contributed by atoms with Crippen LogP contribution in [0.25, 0.3) is 0 Å². The maximum absolute atomic E-state index is 13.9. The Hall–Kier alpha value is -1.09. The molecule has 1 fully saturated rings. The fourth-order valence-corrected chi connectivity index (χ4v) is 3.56. The highest BCUT2D eigenvalue weighted by Gasteiger charge is 2.60. The first kappa shape index (κ1) is 21.6. The number of ether oxygens (including phenoxy) is 2. The lowest BCUT2D eigenvalue weighted by Gasteiger charge is -2.38. The van der Waals surface area contributed by atoms with Gasteiger partial charge in [-0.2, -0.15) is 18.2 Å². The zero-order valence-electron chi connectivity index (χ0n) is 15.1. The molecule has 1 saturated heterocycles. The van der Waals surface area contributed by atoms with Crippen LogP contribution in [-0.2, 0) is 0 Å². The summed E-state index contributed by atoms with van der Waals surface area (Å²) < 4.78 is 50.3. The molecule has 0 saturated carbocycles. The van der Waals surface area contributed by atoms with Gasteiger partial charge in [0.25, 0.3) is 3.79 Å². The van der Waals surface area contributed by atoms with Crippen LogP contribution in [0, 0.1) is 0 Å². The molecule has 0 bridgehead atoms. The van der Waals surface area contributed by atoms with Crippen molar-refractivity contribution in [1.82, 2.24) is 9.80 Å². The summed E-state index contributed by atoms with van der Waals surface area (Å²) in [7, 11) is 3.25. The minimum Gasteiger partial charge on any atom is -0.427 e. The zero-order valence-corrected chi connectivity index (χ0v) is 17.4. The third-order valence-corrected chi connectivity index (χ3v) is 5.50. The molecule has 0 atom stereocenters. The van der Waals surface area contributed by atoms with E-state index in [1.807, 2.05) is 7.05 Å². The molecule has 2 aliphatic rings. The van der Waals surface area contributed by atoms with E-state index in [0.29, 0.717) is 25.9 Å². The number of likely N-dealkylation sites (tertiary alicyclic amines) is 1. The number of nitrogens with zero attached hydrogens (tertiary/aromatic N) is 3. The molecule has 2 aliphatic heterocycles. The normalized spacial score (nSPS) is 21.1. The van der Waals surface area contributed by atoms with Gasteiger partial charge in [0, 0.05) is 13.1 Å². The molecule has 0 unspecified atom stereocenters. The van der Waals surface area contributed by atoms with Crippen LogP contribution in [0.3, 0.4) is 0 Å². The fraction of sp³-hybridized carbons (Fsp3) is 0.588. The zero-order chi connectivity index (χ0) is 20.7. The topological polar surface area (TPSA) is 37.3 Å². The minimum atomic E-state index is -4.80. The Morgan fingerprint density at radius 2 is 1.64 bits per heavy atom. The van der Waals surface area contributed by atoms with Gasteiger partial charge < -0.3 is 19.3 Å². The number of halogens is 6. The monoisotopic (exact) mass is 459 g/mol. The molecule has 0 radical (unpaired) electrons. The Morgan fingerprint density at radius 3 is 2.07 bits per heavy atom. The van der Waals surface area contributed by atoms with E-state index in [1.54, 1.807) is 12.1 Å². The first-order valence-corrected chi connectivity index (χ1v) is 9.68. The molecule has 0 aromatic heterocycles. The first-order chi connectivity index (χ1) is 12.9. The van der Waals surface area contributed by atoms with Crippen molar-refractivity contribution in [3.63, 3.8) is 0 Å². The van der Waals surface area contributed by atoms with E-state index in [1.165, 1.54) is 19.2 Å². The molecular weight excluding hydrogens is 442 g/mol. The van der Waals surface area contributed by atoms with Gasteiger partial charge in [0.1, 0.15) is 0 Å². The van der Waals surface area contributed by atoms with E-state index >= 15 is 0 Å². The summed E-state index contributed by atoms with van der Waals surface area (Å²) in [4.78, 5) is 6.85. The lowest BCUT2D eigenvalue weighted by molar-refractivity contribution is -0.0905. The van der Waals surface area contributed by atoms with Crippen LogP contribution in [0.5, 0.6) is 11.5 Å². The van der Waals surface area contributed by atoms with Gasteiger partial charge in [-0.15, -0.1) is 0 Å². The van der Waals surface area contributed by atoms with Crippen LogP contribution in [0.1, 0.15) is 12.8 Å². The van der Waals surface area contributed by atoms with E-state index in [4.69, 9.17) is 44.3 Å². The Bertz CT molecular complexity index is 722. The highest BCUT2D eigenvalue weighted by molar-refractivity contribution is 6.68. The van der Waals surface area contributed by atoms with E-state index in [-0.39, 0.29) is 17.5 Å². The fourth-order valence-electron chi connectivity index (χ4n) is 3.20. The van der Waals surface area contributed by atoms with Crippen molar-refractivity contribution in [2.75, 3.05) is 27.2 Å². The summed E-state index contributed by atoms with van der Waals surface area (Å²) in [6.07, 6.45) is -3.71. The average Bonchev–Trinajstić information content (AvgIpc) is 2.98. The van der Waals surface area contributed by atoms with Crippen molar-refractivity contribution in [2.45, 2.75) is 34.8 Å². The lowest BCUT2D eigenvalue weighted by atomic mass is 10.0. The van der Waals surface area contributed by atoms with Gasteiger partial charge in [-0.3, -0.25) is 0 Å². The number of fused-ring (bicyclic) bond motifs is 1. The summed E-state index contributed by atoms with van der Waals surface area (Å²) in [6.45, 7) is 1.35. The second-order valence-corrected chi connectivity index (χ2v) is 9.09. The first-order valence-electron chi connectivity index (χ1n) is 8.55. The molecule has 2 heterocycles. The Balaban J connectivity index is 2.00. The van der Waals surface area contributed by atoms with E-state index in [2.05, 4.69) is 9.89 Å². The van der Waals surface area contributed by atoms with Crippen LogP contribution in [0.15, 0.2) is 29.3 Å². The number of hydrogen-bond donors (Lipinski definition) is 0. The van der Waals surface area contributed by atoms with Gasteiger partial charge >= 0.3 is 12.1 Å². The quantitative estimate of drug-likeness (QED) is 0.371. The summed E-state index contributed by atoms with van der Waals surface area (Å²) in [5.41, 5.74) is 0. The van der Waals surface area contributed by atoms with Crippen molar-refractivity contribution in [3.05, 3.63) is 24.3 Å². The van der Waals surface area contributed by atoms with Gasteiger partial charge in [-0.1, -0.05) is 46.9 Å². The number of rotatable bonds is 2. The van der Waals surface area contributed by atoms with Crippen LogP contribution in [0.4, 0.5) is 13.2 Å². The third kappa shape index (κ3) is 4.25. The predicted molar refractivity (Wildman–Crippen MR) is 102 cm³/mol. The molecular formula is C17H19Cl3F3N3O2. The Labute approximate surface area is 175 Å². The van der Waals surface area contributed by atoms with Crippen molar-refractivity contribution in [1.29, 1.82) is 0 Å². The smallest absolute Gasteiger partial charge is 0.427 e. The average molecular weight is 461 g/mol. The molecule has 28 heavy (non-hydrogen) atoms. The molecule has 0 aliphatic carbocycles. The summed E-state index contributed by atoms with van der Waals surface area (Å²) in [5.74, 6) is -3.44. The minimum absolute atomic E-state index is 0.140. The number of piperidine rings is 1. The van der Waals surface area contributed by atoms with Gasteiger partial charge in [-0.05, 0) is 45.1 Å². The molecule has 156 valence electrons. The molecule has 1 aromatic carbocycles. The molecule has 5 nitrogen and oxygen atoms in total. The maximum atomic E-state index is 13.9. The second kappa shape index (κ2) is 7.63. The maximum Gasteiger partial charge on any atom is 0.449 e. The number of alkyl halides is 6. The van der Waals surface area contributed by atoms with Crippen molar-refractivity contribution in [3.8, 4) is 11.5 Å². The second-order valence-electron chi connectivity index (χ2n) is 6.81. The van der Waals surface area contributed by atoms with Crippen molar-refractivity contribution >= 4 is 40.6 Å². The van der Waals surface area contributed by atoms with Gasteiger partial charge in [-0.25, -0.2) is 0 Å². The van der Waals surface area contributed by atoms with Crippen LogP contribution in [0.2, 0.25) is 0 Å².